The van der Waals surface area contributed by atoms with E-state index < -0.39 is 22.7 Å². The number of pyridine rings is 1. The van der Waals surface area contributed by atoms with E-state index in [-0.39, 0.29) is 23.3 Å². The van der Waals surface area contributed by atoms with Crippen LogP contribution in [0.15, 0.2) is 70.4 Å². The van der Waals surface area contributed by atoms with Crippen LogP contribution in [0.3, 0.4) is 0 Å². The fourth-order valence-corrected chi connectivity index (χ4v) is 5.22. The van der Waals surface area contributed by atoms with E-state index in [1.54, 1.807) is 18.3 Å². The number of carbonyl (C=O) groups is 1. The van der Waals surface area contributed by atoms with Crippen molar-refractivity contribution in [2.75, 3.05) is 33.2 Å². The molecule has 40 heavy (non-hydrogen) atoms. The van der Waals surface area contributed by atoms with Crippen LogP contribution in [0.1, 0.15) is 26.3 Å². The number of piperazine rings is 1. The second kappa shape index (κ2) is 12.7. The van der Waals surface area contributed by atoms with Crippen molar-refractivity contribution >= 4 is 34.0 Å². The van der Waals surface area contributed by atoms with E-state index in [1.807, 2.05) is 43.3 Å². The van der Waals surface area contributed by atoms with Crippen LogP contribution in [-0.4, -0.2) is 69.3 Å². The third-order valence-corrected chi connectivity index (χ3v) is 7.72. The molecule has 0 bridgehead atoms. The van der Waals surface area contributed by atoms with Crippen molar-refractivity contribution in [2.45, 2.75) is 37.6 Å². The zero-order chi connectivity index (χ0) is 28.9. The lowest BCUT2D eigenvalue weighted by atomic mass is 10.1. The summed E-state index contributed by atoms with van der Waals surface area (Å²) in [5.41, 5.74) is 6.47. The number of nitrogens with zero attached hydrogens (tertiary/aromatic N) is 4. The van der Waals surface area contributed by atoms with E-state index >= 15 is 0 Å². The van der Waals surface area contributed by atoms with Crippen LogP contribution in [-0.2, 0) is 22.2 Å². The molecule has 0 aliphatic carbocycles. The Morgan fingerprint density at radius 1 is 1.18 bits per heavy atom. The number of benzene rings is 2. The number of rotatable bonds is 8. The topological polar surface area (TPSA) is 113 Å². The highest BCUT2D eigenvalue weighted by molar-refractivity contribution is 7.82. The molecule has 1 amide bonds. The summed E-state index contributed by atoms with van der Waals surface area (Å²) in [6, 6.07) is 11.5. The van der Waals surface area contributed by atoms with E-state index in [2.05, 4.69) is 27.2 Å². The number of carbonyl (C=O) groups excluding carboxylic acids is 1. The number of aliphatic imine (C=N–C) groups is 1. The fourth-order valence-electron chi connectivity index (χ4n) is 4.02. The molecule has 1 atom stereocenters. The molecule has 212 valence electrons. The Bertz CT molecular complexity index is 1460. The molecule has 11 heteroatoms. The van der Waals surface area contributed by atoms with Gasteiger partial charge >= 0.3 is 0 Å². The quantitative estimate of drug-likeness (QED) is 0.402. The van der Waals surface area contributed by atoms with Crippen LogP contribution < -0.4 is 15.8 Å². The maximum Gasteiger partial charge on any atom is 0.228 e. The summed E-state index contributed by atoms with van der Waals surface area (Å²) in [5, 5.41) is 3.31. The van der Waals surface area contributed by atoms with Crippen LogP contribution in [0, 0.1) is 5.82 Å². The van der Waals surface area contributed by atoms with E-state index in [4.69, 9.17) is 10.5 Å². The van der Waals surface area contributed by atoms with E-state index in [9.17, 15) is 13.4 Å². The van der Waals surface area contributed by atoms with Crippen LogP contribution in [0.4, 0.5) is 4.39 Å². The smallest absolute Gasteiger partial charge is 0.228 e. The highest BCUT2D eigenvalue weighted by Gasteiger charge is 2.21. The number of allylic oxidation sites excluding steroid dienone is 1. The van der Waals surface area contributed by atoms with E-state index in [0.29, 0.717) is 27.2 Å². The van der Waals surface area contributed by atoms with Crippen molar-refractivity contribution in [1.82, 2.24) is 19.5 Å². The van der Waals surface area contributed by atoms with Crippen LogP contribution in [0.2, 0.25) is 0 Å². The number of fused-ring (bicyclic) bond motifs is 1. The normalized spacial score (nSPS) is 16.4. The Hall–Kier alpha value is -3.67. The predicted octanol–water partition coefficient (Wildman–Crippen LogP) is 3.76. The first-order chi connectivity index (χ1) is 19.0. The van der Waals surface area contributed by atoms with Gasteiger partial charge in [-0.1, -0.05) is 6.07 Å². The number of hydrogen-bond donors (Lipinski definition) is 2. The molecule has 2 aromatic carbocycles. The van der Waals surface area contributed by atoms with Crippen molar-refractivity contribution in [3.05, 3.63) is 71.9 Å². The molecule has 1 saturated heterocycles. The molecule has 9 nitrogen and oxygen atoms in total. The molecule has 2 heterocycles. The van der Waals surface area contributed by atoms with Crippen molar-refractivity contribution in [2.24, 2.45) is 10.7 Å². The van der Waals surface area contributed by atoms with Crippen LogP contribution in [0.25, 0.3) is 10.9 Å². The second-order valence-electron chi connectivity index (χ2n) is 10.6. The second-order valence-corrected chi connectivity index (χ2v) is 12.1. The summed E-state index contributed by atoms with van der Waals surface area (Å²) < 4.78 is 36.2. The van der Waals surface area contributed by atoms with Gasteiger partial charge in [-0.25, -0.2) is 12.9 Å². The van der Waals surface area contributed by atoms with Crippen molar-refractivity contribution < 1.29 is 18.1 Å². The average Bonchev–Trinajstić information content (AvgIpc) is 2.92. The molecule has 1 fully saturated rings. The zero-order valence-electron chi connectivity index (χ0n) is 23.2. The standard InChI is InChI=1S/C29H35FN6O3S/c1-29(2,3)33-19-21(18-31)34-28(37)15-20-5-6-22(16-25(20)30)39-27-9-10-32-26-8-7-23(17-24(26)27)40(38)36-13-11-35(4)12-14-36/h5-10,16-19H,11-15,31H2,1-4H3,(H,34,37)/b21-18+,33-19?. The van der Waals surface area contributed by atoms with Gasteiger partial charge in [0.1, 0.15) is 28.3 Å². The van der Waals surface area contributed by atoms with Gasteiger partial charge < -0.3 is 20.7 Å². The first-order valence-electron chi connectivity index (χ1n) is 13.0. The van der Waals surface area contributed by atoms with Crippen molar-refractivity contribution in [3.63, 3.8) is 0 Å². The molecule has 3 aromatic rings. The third-order valence-electron chi connectivity index (χ3n) is 6.23. The Morgan fingerprint density at radius 2 is 1.93 bits per heavy atom. The highest BCUT2D eigenvalue weighted by atomic mass is 32.2. The highest BCUT2D eigenvalue weighted by Crippen LogP contribution is 2.31. The number of nitrogens with two attached hydrogens (primary N) is 1. The number of likely N-dealkylation sites (N-methyl/N-ethyl adjacent to an activating group) is 1. The molecule has 1 aromatic heterocycles. The molecular weight excluding hydrogens is 531 g/mol. The SMILES string of the molecule is CN1CCN(S(=O)c2ccc3nccc(Oc4ccc(CC(=O)N/C(C=NC(C)(C)C)=C/N)c(F)c4)c3c2)CC1. The van der Waals surface area contributed by atoms with Gasteiger partial charge in [-0.2, -0.15) is 0 Å². The first-order valence-corrected chi connectivity index (χ1v) is 14.1. The number of hydrogen-bond acceptors (Lipinski definition) is 7. The van der Waals surface area contributed by atoms with Crippen LogP contribution in [0.5, 0.6) is 11.5 Å². The molecule has 4 rings (SSSR count). The number of amides is 1. The molecular formula is C29H35FN6O3S. The third kappa shape index (κ3) is 7.71. The molecule has 3 N–H and O–H groups in total. The number of ether oxygens (including phenoxy) is 1. The minimum atomic E-state index is -1.31. The molecule has 0 saturated carbocycles. The Balaban J connectivity index is 1.47. The maximum absolute atomic E-state index is 15.0. The van der Waals surface area contributed by atoms with Gasteiger partial charge in [0.25, 0.3) is 0 Å². The lowest BCUT2D eigenvalue weighted by molar-refractivity contribution is -0.119. The maximum atomic E-state index is 15.0. The first kappa shape index (κ1) is 29.3. The molecule has 1 aliphatic heterocycles. The van der Waals surface area contributed by atoms with Crippen LogP contribution >= 0.6 is 0 Å². The largest absolute Gasteiger partial charge is 0.456 e. The van der Waals surface area contributed by atoms with Gasteiger partial charge in [-0.05, 0) is 63.7 Å². The average molecular weight is 567 g/mol. The van der Waals surface area contributed by atoms with Gasteiger partial charge in [0, 0.05) is 56.2 Å². The number of aromatic nitrogens is 1. The van der Waals surface area contributed by atoms with E-state index in [0.717, 1.165) is 26.2 Å². The van der Waals surface area contributed by atoms with Gasteiger partial charge in [0.05, 0.1) is 28.1 Å². The lowest BCUT2D eigenvalue weighted by Gasteiger charge is -2.31. The molecule has 0 spiro atoms. The number of halogens is 1. The summed E-state index contributed by atoms with van der Waals surface area (Å²) in [6.07, 6.45) is 4.14. The minimum Gasteiger partial charge on any atom is -0.456 e. The fraction of sp³-hybridized carbons (Fsp3) is 0.345. The summed E-state index contributed by atoms with van der Waals surface area (Å²) in [5.74, 6) is -0.280. The molecule has 1 aliphatic rings. The molecule has 1 unspecified atom stereocenters. The number of nitrogens with one attached hydrogen (secondary N) is 1. The Labute approximate surface area is 236 Å². The lowest BCUT2D eigenvalue weighted by Crippen LogP contribution is -2.45. The summed E-state index contributed by atoms with van der Waals surface area (Å²) in [4.78, 5) is 24.1. The van der Waals surface area contributed by atoms with Crippen molar-refractivity contribution in [1.29, 1.82) is 0 Å². The summed E-state index contributed by atoms with van der Waals surface area (Å²) in [6.45, 7) is 8.90. The Kier molecular flexibility index (Phi) is 9.28. The van der Waals surface area contributed by atoms with E-state index in [1.165, 1.54) is 24.5 Å². The minimum absolute atomic E-state index is 0.188. The van der Waals surface area contributed by atoms with Gasteiger partial charge in [-0.15, -0.1) is 0 Å². The summed E-state index contributed by atoms with van der Waals surface area (Å²) >= 11 is 0. The Morgan fingerprint density at radius 3 is 2.60 bits per heavy atom. The predicted molar refractivity (Wildman–Crippen MR) is 156 cm³/mol. The van der Waals surface area contributed by atoms with Gasteiger partial charge in [0.15, 0.2) is 0 Å². The van der Waals surface area contributed by atoms with Crippen molar-refractivity contribution in [3.8, 4) is 11.5 Å². The zero-order valence-corrected chi connectivity index (χ0v) is 24.0. The summed E-state index contributed by atoms with van der Waals surface area (Å²) in [7, 11) is 0.737. The molecule has 0 radical (unpaired) electrons. The monoisotopic (exact) mass is 566 g/mol. The van der Waals surface area contributed by atoms with Gasteiger partial charge in [0.2, 0.25) is 5.91 Å². The van der Waals surface area contributed by atoms with Gasteiger partial charge in [-0.3, -0.25) is 14.8 Å².